The SMILES string of the molecule is COCCNCc1cnc(C(OC)C2CC2)nc1. The number of hydrogen-bond donors (Lipinski definition) is 1. The monoisotopic (exact) mass is 251 g/mol. The Morgan fingerprint density at radius 1 is 1.33 bits per heavy atom. The van der Waals surface area contributed by atoms with Gasteiger partial charge in [-0.25, -0.2) is 9.97 Å². The summed E-state index contributed by atoms with van der Waals surface area (Å²) in [6.45, 7) is 2.32. The van der Waals surface area contributed by atoms with Crippen molar-refractivity contribution in [3.8, 4) is 0 Å². The first-order valence-corrected chi connectivity index (χ1v) is 6.38. The Kier molecular flexibility index (Phi) is 5.04. The number of nitrogens with zero attached hydrogens (tertiary/aromatic N) is 2. The van der Waals surface area contributed by atoms with Gasteiger partial charge in [0.1, 0.15) is 6.10 Å². The predicted octanol–water partition coefficient (Wildman–Crippen LogP) is 1.31. The van der Waals surface area contributed by atoms with Gasteiger partial charge < -0.3 is 14.8 Å². The maximum atomic E-state index is 5.46. The maximum Gasteiger partial charge on any atom is 0.157 e. The summed E-state index contributed by atoms with van der Waals surface area (Å²) in [5.74, 6) is 1.42. The highest BCUT2D eigenvalue weighted by atomic mass is 16.5. The van der Waals surface area contributed by atoms with Crippen LogP contribution in [0.25, 0.3) is 0 Å². The van der Waals surface area contributed by atoms with Crippen LogP contribution in [0.5, 0.6) is 0 Å². The van der Waals surface area contributed by atoms with E-state index in [2.05, 4.69) is 15.3 Å². The van der Waals surface area contributed by atoms with E-state index in [9.17, 15) is 0 Å². The molecule has 1 fully saturated rings. The second-order valence-electron chi connectivity index (χ2n) is 4.61. The van der Waals surface area contributed by atoms with Gasteiger partial charge >= 0.3 is 0 Å². The summed E-state index contributed by atoms with van der Waals surface area (Å²) in [5.41, 5.74) is 1.08. The molecule has 1 atom stereocenters. The molecule has 1 aromatic rings. The van der Waals surface area contributed by atoms with Crippen LogP contribution in [-0.4, -0.2) is 37.3 Å². The fraction of sp³-hybridized carbons (Fsp3) is 0.692. The quantitative estimate of drug-likeness (QED) is 0.706. The Morgan fingerprint density at radius 2 is 2.06 bits per heavy atom. The van der Waals surface area contributed by atoms with E-state index in [4.69, 9.17) is 9.47 Å². The Labute approximate surface area is 108 Å². The van der Waals surface area contributed by atoms with Crippen molar-refractivity contribution in [3.63, 3.8) is 0 Å². The molecule has 5 heteroatoms. The van der Waals surface area contributed by atoms with Crippen LogP contribution in [0.1, 0.15) is 30.3 Å². The highest BCUT2D eigenvalue weighted by Crippen LogP contribution is 2.41. The molecule has 0 amide bonds. The molecule has 0 radical (unpaired) electrons. The van der Waals surface area contributed by atoms with Crippen molar-refractivity contribution in [2.75, 3.05) is 27.4 Å². The summed E-state index contributed by atoms with van der Waals surface area (Å²) in [7, 11) is 3.43. The van der Waals surface area contributed by atoms with Crippen LogP contribution in [0, 0.1) is 5.92 Å². The van der Waals surface area contributed by atoms with E-state index >= 15 is 0 Å². The maximum absolute atomic E-state index is 5.46. The number of rotatable bonds is 8. The van der Waals surface area contributed by atoms with Crippen molar-refractivity contribution in [1.29, 1.82) is 0 Å². The zero-order chi connectivity index (χ0) is 12.8. The first-order chi connectivity index (χ1) is 8.85. The van der Waals surface area contributed by atoms with Crippen LogP contribution in [-0.2, 0) is 16.0 Å². The second kappa shape index (κ2) is 6.78. The molecule has 0 spiro atoms. The van der Waals surface area contributed by atoms with Gasteiger partial charge in [-0.15, -0.1) is 0 Å². The molecule has 100 valence electrons. The van der Waals surface area contributed by atoms with Gasteiger partial charge in [0, 0.05) is 45.3 Å². The molecule has 1 N–H and O–H groups in total. The van der Waals surface area contributed by atoms with E-state index < -0.39 is 0 Å². The molecular formula is C13H21N3O2. The lowest BCUT2D eigenvalue weighted by Gasteiger charge is -2.12. The van der Waals surface area contributed by atoms with Crippen LogP contribution in [0.15, 0.2) is 12.4 Å². The molecule has 0 saturated heterocycles. The lowest BCUT2D eigenvalue weighted by Crippen LogP contribution is -2.19. The van der Waals surface area contributed by atoms with Crippen LogP contribution in [0.2, 0.25) is 0 Å². The van der Waals surface area contributed by atoms with Crippen molar-refractivity contribution in [1.82, 2.24) is 15.3 Å². The molecule has 1 aromatic heterocycles. The van der Waals surface area contributed by atoms with Gasteiger partial charge in [-0.1, -0.05) is 0 Å². The van der Waals surface area contributed by atoms with E-state index in [0.717, 1.165) is 24.5 Å². The van der Waals surface area contributed by atoms with Crippen molar-refractivity contribution >= 4 is 0 Å². The lowest BCUT2D eigenvalue weighted by atomic mass is 10.2. The minimum absolute atomic E-state index is 0.0699. The Morgan fingerprint density at radius 3 is 2.61 bits per heavy atom. The Balaban J connectivity index is 1.84. The van der Waals surface area contributed by atoms with E-state index in [-0.39, 0.29) is 6.10 Å². The summed E-state index contributed by atoms with van der Waals surface area (Å²) in [6, 6.07) is 0. The smallest absolute Gasteiger partial charge is 0.157 e. The summed E-state index contributed by atoms with van der Waals surface area (Å²) >= 11 is 0. The fourth-order valence-electron chi connectivity index (χ4n) is 1.92. The van der Waals surface area contributed by atoms with Crippen molar-refractivity contribution < 1.29 is 9.47 Å². The van der Waals surface area contributed by atoms with Crippen LogP contribution in [0.4, 0.5) is 0 Å². The highest BCUT2D eigenvalue weighted by molar-refractivity contribution is 5.07. The summed E-state index contributed by atoms with van der Waals surface area (Å²) < 4.78 is 10.4. The number of ether oxygens (including phenoxy) is 2. The molecule has 0 aromatic carbocycles. The normalized spacial score (nSPS) is 16.8. The third kappa shape index (κ3) is 3.73. The molecule has 1 unspecified atom stereocenters. The molecule has 0 bridgehead atoms. The molecule has 1 aliphatic carbocycles. The van der Waals surface area contributed by atoms with Crippen LogP contribution < -0.4 is 5.32 Å². The van der Waals surface area contributed by atoms with Crippen molar-refractivity contribution in [2.45, 2.75) is 25.5 Å². The first-order valence-electron chi connectivity index (χ1n) is 6.38. The molecule has 1 aliphatic rings. The first kappa shape index (κ1) is 13.4. The number of nitrogens with one attached hydrogen (secondary N) is 1. The minimum Gasteiger partial charge on any atom is -0.383 e. The second-order valence-corrected chi connectivity index (χ2v) is 4.61. The summed E-state index contributed by atoms with van der Waals surface area (Å²) in [4.78, 5) is 8.81. The fourth-order valence-corrected chi connectivity index (χ4v) is 1.92. The summed E-state index contributed by atoms with van der Waals surface area (Å²) in [6.07, 6.45) is 6.26. The standard InChI is InChI=1S/C13H21N3O2/c1-17-6-5-14-7-10-8-15-13(16-9-10)12(18-2)11-3-4-11/h8-9,11-12,14H,3-7H2,1-2H3. The van der Waals surface area contributed by atoms with Crippen molar-refractivity contribution in [2.24, 2.45) is 5.92 Å². The van der Waals surface area contributed by atoms with E-state index in [1.54, 1.807) is 14.2 Å². The van der Waals surface area contributed by atoms with Gasteiger partial charge in [0.25, 0.3) is 0 Å². The zero-order valence-corrected chi connectivity index (χ0v) is 11.1. The van der Waals surface area contributed by atoms with Crippen LogP contribution >= 0.6 is 0 Å². The van der Waals surface area contributed by atoms with Crippen LogP contribution in [0.3, 0.4) is 0 Å². The minimum atomic E-state index is 0.0699. The van der Waals surface area contributed by atoms with Gasteiger partial charge in [0.2, 0.25) is 0 Å². The third-order valence-electron chi connectivity index (χ3n) is 3.10. The molecule has 1 heterocycles. The lowest BCUT2D eigenvalue weighted by molar-refractivity contribution is 0.0771. The molecule has 18 heavy (non-hydrogen) atoms. The average molecular weight is 251 g/mol. The van der Waals surface area contributed by atoms with E-state index in [0.29, 0.717) is 12.5 Å². The van der Waals surface area contributed by atoms with Gasteiger partial charge in [0.05, 0.1) is 6.61 Å². The Bertz CT molecular complexity index is 352. The third-order valence-corrected chi connectivity index (χ3v) is 3.10. The predicted molar refractivity (Wildman–Crippen MR) is 68.1 cm³/mol. The largest absolute Gasteiger partial charge is 0.383 e. The summed E-state index contributed by atoms with van der Waals surface area (Å²) in [5, 5.41) is 3.26. The van der Waals surface area contributed by atoms with Gasteiger partial charge in [-0.2, -0.15) is 0 Å². The van der Waals surface area contributed by atoms with Gasteiger partial charge in [0.15, 0.2) is 5.82 Å². The molecule has 2 rings (SSSR count). The molecule has 5 nitrogen and oxygen atoms in total. The molecule has 1 saturated carbocycles. The van der Waals surface area contributed by atoms with Gasteiger partial charge in [-0.05, 0) is 18.8 Å². The number of aromatic nitrogens is 2. The van der Waals surface area contributed by atoms with Crippen molar-refractivity contribution in [3.05, 3.63) is 23.8 Å². The number of hydrogen-bond acceptors (Lipinski definition) is 5. The van der Waals surface area contributed by atoms with E-state index in [1.165, 1.54) is 12.8 Å². The molecule has 0 aliphatic heterocycles. The zero-order valence-electron chi connectivity index (χ0n) is 11.1. The Hall–Kier alpha value is -1.04. The topological polar surface area (TPSA) is 56.3 Å². The number of methoxy groups -OCH3 is 2. The van der Waals surface area contributed by atoms with E-state index in [1.807, 2.05) is 12.4 Å². The highest BCUT2D eigenvalue weighted by Gasteiger charge is 2.34. The van der Waals surface area contributed by atoms with Gasteiger partial charge in [-0.3, -0.25) is 0 Å². The average Bonchev–Trinajstić information content (AvgIpc) is 3.22. The molecular weight excluding hydrogens is 230 g/mol.